The van der Waals surface area contributed by atoms with E-state index < -0.39 is 24.0 Å². The van der Waals surface area contributed by atoms with Crippen molar-refractivity contribution in [2.24, 2.45) is 0 Å². The van der Waals surface area contributed by atoms with Gasteiger partial charge in [-0.2, -0.15) is 0 Å². The molecule has 2 amide bonds. The van der Waals surface area contributed by atoms with Gasteiger partial charge in [-0.15, -0.1) is 0 Å². The van der Waals surface area contributed by atoms with Crippen LogP contribution < -0.4 is 10.6 Å². The Bertz CT molecular complexity index is 980. The molecule has 1 aliphatic rings. The first-order valence-electron chi connectivity index (χ1n) is 9.62. The number of nitrogens with one attached hydrogen (secondary N) is 2. The fourth-order valence-electron chi connectivity index (χ4n) is 3.07. The average molecular weight is 413 g/mol. The summed E-state index contributed by atoms with van der Waals surface area (Å²) in [5.41, 5.74) is 1.17. The van der Waals surface area contributed by atoms with Crippen LogP contribution in [0.3, 0.4) is 0 Å². The Morgan fingerprint density at radius 2 is 1.87 bits per heavy atom. The zero-order valence-corrected chi connectivity index (χ0v) is 17.0. The summed E-state index contributed by atoms with van der Waals surface area (Å²) in [5.74, 6) is -0.700. The van der Waals surface area contributed by atoms with Crippen molar-refractivity contribution in [1.29, 1.82) is 0 Å². The molecule has 1 aromatic carbocycles. The van der Waals surface area contributed by atoms with E-state index >= 15 is 0 Å². The number of hydrogen-bond donors (Lipinski definition) is 2. The second kappa shape index (κ2) is 9.25. The molecular weight excluding hydrogens is 390 g/mol. The number of amides is 2. The van der Waals surface area contributed by atoms with E-state index in [1.54, 1.807) is 13.8 Å². The lowest BCUT2D eigenvalue weighted by molar-refractivity contribution is -0.139. The summed E-state index contributed by atoms with van der Waals surface area (Å²) >= 11 is 0. The molecule has 9 nitrogen and oxygen atoms in total. The molecule has 30 heavy (non-hydrogen) atoms. The first-order chi connectivity index (χ1) is 14.4. The first kappa shape index (κ1) is 21.1. The molecule has 1 atom stereocenters. The summed E-state index contributed by atoms with van der Waals surface area (Å²) in [4.78, 5) is 41.1. The number of nitrogens with zero attached hydrogens (tertiary/aromatic N) is 1. The Kier molecular flexibility index (Phi) is 6.51. The largest absolute Gasteiger partial charge is 0.463 e. The number of carbonyl (C=O) groups is 3. The van der Waals surface area contributed by atoms with E-state index in [2.05, 4.69) is 15.6 Å². The van der Waals surface area contributed by atoms with Crippen molar-refractivity contribution in [3.8, 4) is 11.5 Å². The highest BCUT2D eigenvalue weighted by atomic mass is 16.5. The van der Waals surface area contributed by atoms with E-state index in [1.807, 2.05) is 37.3 Å². The van der Waals surface area contributed by atoms with Crippen LogP contribution in [0.25, 0.3) is 11.5 Å². The molecular formula is C21H23N3O6. The van der Waals surface area contributed by atoms with Gasteiger partial charge in [0.1, 0.15) is 12.4 Å². The van der Waals surface area contributed by atoms with Crippen LogP contribution in [0.2, 0.25) is 0 Å². The number of esters is 2. The standard InChI is InChI=1S/C21H23N3O6/c1-4-14-16(19(25)28-5-2)15(23-21(27)22-14)11-29-20(26)17-12(3)30-18(24-17)13-9-7-6-8-10-13/h6-10,14H,4-5,11H2,1-3H3,(H2,22,23,27)/t14-/m0/s1. The highest BCUT2D eigenvalue weighted by Crippen LogP contribution is 2.22. The van der Waals surface area contributed by atoms with Gasteiger partial charge in [0, 0.05) is 5.56 Å². The average Bonchev–Trinajstić information content (AvgIpc) is 3.14. The summed E-state index contributed by atoms with van der Waals surface area (Å²) in [6.45, 7) is 4.98. The van der Waals surface area contributed by atoms with Gasteiger partial charge in [0.2, 0.25) is 5.89 Å². The molecule has 0 bridgehead atoms. The predicted molar refractivity (Wildman–Crippen MR) is 106 cm³/mol. The van der Waals surface area contributed by atoms with E-state index in [4.69, 9.17) is 13.9 Å². The number of ether oxygens (including phenoxy) is 2. The lowest BCUT2D eigenvalue weighted by atomic mass is 10.0. The smallest absolute Gasteiger partial charge is 0.361 e. The maximum absolute atomic E-state index is 12.6. The zero-order chi connectivity index (χ0) is 21.7. The summed E-state index contributed by atoms with van der Waals surface area (Å²) in [5, 5.41) is 5.19. The van der Waals surface area contributed by atoms with Gasteiger partial charge in [-0.05, 0) is 32.4 Å². The Labute approximate surface area is 173 Å². The van der Waals surface area contributed by atoms with E-state index in [1.165, 1.54) is 0 Å². The highest BCUT2D eigenvalue weighted by Gasteiger charge is 2.32. The van der Waals surface area contributed by atoms with Crippen molar-refractivity contribution >= 4 is 18.0 Å². The van der Waals surface area contributed by atoms with Crippen LogP contribution in [0.15, 0.2) is 46.0 Å². The minimum Gasteiger partial charge on any atom is -0.463 e. The van der Waals surface area contributed by atoms with Gasteiger partial charge in [-0.3, -0.25) is 0 Å². The van der Waals surface area contributed by atoms with E-state index in [9.17, 15) is 14.4 Å². The molecule has 3 rings (SSSR count). The van der Waals surface area contributed by atoms with Crippen molar-refractivity contribution in [2.75, 3.05) is 13.2 Å². The van der Waals surface area contributed by atoms with Gasteiger partial charge in [0.15, 0.2) is 5.69 Å². The number of aromatic nitrogens is 1. The van der Waals surface area contributed by atoms with Crippen molar-refractivity contribution in [3.63, 3.8) is 0 Å². The summed E-state index contributed by atoms with van der Waals surface area (Å²) in [6.07, 6.45) is 0.474. The normalized spacial score (nSPS) is 16.0. The summed E-state index contributed by atoms with van der Waals surface area (Å²) < 4.78 is 16.0. The molecule has 0 saturated carbocycles. The topological polar surface area (TPSA) is 120 Å². The number of benzene rings is 1. The zero-order valence-electron chi connectivity index (χ0n) is 17.0. The SMILES string of the molecule is CCOC(=O)C1=C(COC(=O)c2nc(-c3ccccc3)oc2C)NC(=O)N[C@H]1CC. The van der Waals surface area contributed by atoms with Crippen molar-refractivity contribution < 1.29 is 28.3 Å². The number of urea groups is 1. The molecule has 0 saturated heterocycles. The lowest BCUT2D eigenvalue weighted by Crippen LogP contribution is -2.51. The molecule has 0 unspecified atom stereocenters. The molecule has 0 fully saturated rings. The monoisotopic (exact) mass is 413 g/mol. The maximum atomic E-state index is 12.6. The molecule has 2 N–H and O–H groups in total. The second-order valence-electron chi connectivity index (χ2n) is 6.54. The number of oxazole rings is 1. The fraction of sp³-hybridized carbons (Fsp3) is 0.333. The quantitative estimate of drug-likeness (QED) is 0.670. The minimum atomic E-state index is -0.727. The van der Waals surface area contributed by atoms with Gasteiger partial charge in [-0.25, -0.2) is 19.4 Å². The highest BCUT2D eigenvalue weighted by molar-refractivity contribution is 5.95. The van der Waals surface area contributed by atoms with Crippen LogP contribution in [0, 0.1) is 6.92 Å². The number of carbonyl (C=O) groups excluding carboxylic acids is 3. The predicted octanol–water partition coefficient (Wildman–Crippen LogP) is 2.72. The maximum Gasteiger partial charge on any atom is 0.361 e. The molecule has 1 aromatic heterocycles. The van der Waals surface area contributed by atoms with E-state index in [-0.39, 0.29) is 30.2 Å². The molecule has 9 heteroatoms. The Hall–Kier alpha value is -3.62. The third-order valence-corrected chi connectivity index (χ3v) is 4.51. The van der Waals surface area contributed by atoms with Crippen LogP contribution in [0.5, 0.6) is 0 Å². The lowest BCUT2D eigenvalue weighted by Gasteiger charge is -2.28. The van der Waals surface area contributed by atoms with Crippen LogP contribution in [0.4, 0.5) is 4.79 Å². The molecule has 1 aliphatic heterocycles. The third-order valence-electron chi connectivity index (χ3n) is 4.51. The summed E-state index contributed by atoms with van der Waals surface area (Å²) in [6, 6.07) is 8.13. The van der Waals surface area contributed by atoms with Gasteiger partial charge in [0.25, 0.3) is 0 Å². The van der Waals surface area contributed by atoms with E-state index in [0.29, 0.717) is 18.1 Å². The Morgan fingerprint density at radius 3 is 2.53 bits per heavy atom. The molecule has 0 spiro atoms. The van der Waals surface area contributed by atoms with Crippen molar-refractivity contribution in [2.45, 2.75) is 33.2 Å². The Morgan fingerprint density at radius 1 is 1.13 bits per heavy atom. The van der Waals surface area contributed by atoms with Crippen LogP contribution in [-0.2, 0) is 14.3 Å². The fourth-order valence-corrected chi connectivity index (χ4v) is 3.07. The van der Waals surface area contributed by atoms with Crippen LogP contribution >= 0.6 is 0 Å². The van der Waals surface area contributed by atoms with Crippen LogP contribution in [-0.4, -0.2) is 42.2 Å². The van der Waals surface area contributed by atoms with Gasteiger partial charge in [-0.1, -0.05) is 25.1 Å². The second-order valence-corrected chi connectivity index (χ2v) is 6.54. The first-order valence-corrected chi connectivity index (χ1v) is 9.62. The molecule has 2 heterocycles. The van der Waals surface area contributed by atoms with Gasteiger partial charge >= 0.3 is 18.0 Å². The molecule has 2 aromatic rings. The molecule has 0 radical (unpaired) electrons. The Balaban J connectivity index is 1.80. The number of aryl methyl sites for hydroxylation is 1. The molecule has 0 aliphatic carbocycles. The van der Waals surface area contributed by atoms with Crippen LogP contribution in [0.1, 0.15) is 36.5 Å². The molecule has 158 valence electrons. The minimum absolute atomic E-state index is 0.0273. The van der Waals surface area contributed by atoms with Crippen molar-refractivity contribution in [3.05, 3.63) is 53.1 Å². The van der Waals surface area contributed by atoms with Gasteiger partial charge in [0.05, 0.1) is 23.9 Å². The van der Waals surface area contributed by atoms with E-state index in [0.717, 1.165) is 5.56 Å². The van der Waals surface area contributed by atoms with Crippen molar-refractivity contribution in [1.82, 2.24) is 15.6 Å². The summed E-state index contributed by atoms with van der Waals surface area (Å²) in [7, 11) is 0. The van der Waals surface area contributed by atoms with Gasteiger partial charge < -0.3 is 24.5 Å². The third kappa shape index (κ3) is 4.51. The number of rotatable bonds is 7. The number of hydrogen-bond acceptors (Lipinski definition) is 7.